The highest BCUT2D eigenvalue weighted by atomic mass is 19.4. The molecule has 0 aliphatic rings. The van der Waals surface area contributed by atoms with Gasteiger partial charge in [0.25, 0.3) is 0 Å². The van der Waals surface area contributed by atoms with Crippen LogP contribution >= 0.6 is 0 Å². The lowest BCUT2D eigenvalue weighted by Crippen LogP contribution is -2.09. The van der Waals surface area contributed by atoms with E-state index < -0.39 is 11.7 Å². The zero-order valence-corrected chi connectivity index (χ0v) is 37.0. The van der Waals surface area contributed by atoms with E-state index in [2.05, 4.69) is 23.0 Å². The van der Waals surface area contributed by atoms with Crippen LogP contribution < -0.4 is 0 Å². The number of para-hydroxylation sites is 2. The summed E-state index contributed by atoms with van der Waals surface area (Å²) in [5, 5.41) is 15.0. The minimum Gasteiger partial charge on any atom is -0.308 e. The van der Waals surface area contributed by atoms with Crippen LogP contribution in [0.25, 0.3) is 116 Å². The SMILES string of the molecule is [C-]#[N+]c1cccc(C(F)(F)F)c1-c1cc(-n2c3ccccc3c3cc(-c4ccc(-c5ccccc5)nc4)ccc32)c(C#N)c(-n2c3ccccc3c3cc(-c4ccc(-c5ccccc5)nc4)ccc32)c1. The second-order valence-corrected chi connectivity index (χ2v) is 17.1. The second kappa shape index (κ2) is 16.6. The van der Waals surface area contributed by atoms with Gasteiger partial charge in [-0.2, -0.15) is 18.4 Å². The molecule has 4 heterocycles. The maximum Gasteiger partial charge on any atom is 0.415 e. The molecule has 12 aromatic rings. The van der Waals surface area contributed by atoms with E-state index in [4.69, 9.17) is 16.5 Å². The van der Waals surface area contributed by atoms with Gasteiger partial charge < -0.3 is 9.13 Å². The van der Waals surface area contributed by atoms with Gasteiger partial charge in [-0.1, -0.05) is 140 Å². The molecule has 0 fully saturated rings. The van der Waals surface area contributed by atoms with Gasteiger partial charge in [0.05, 0.1) is 57.0 Å². The largest absolute Gasteiger partial charge is 0.415 e. The molecule has 0 unspecified atom stereocenters. The molecule has 9 heteroatoms. The maximum atomic E-state index is 15.2. The van der Waals surface area contributed by atoms with Crippen LogP contribution in [0.15, 0.2) is 213 Å². The van der Waals surface area contributed by atoms with Crippen molar-refractivity contribution in [2.75, 3.05) is 0 Å². The summed E-state index contributed by atoms with van der Waals surface area (Å²) in [4.78, 5) is 13.2. The van der Waals surface area contributed by atoms with E-state index >= 15 is 13.2 Å². The Balaban J connectivity index is 1.10. The number of hydrogen-bond acceptors (Lipinski definition) is 3. The third kappa shape index (κ3) is 6.96. The first kappa shape index (κ1) is 41.8. The number of nitrogens with zero attached hydrogens (tertiary/aromatic N) is 6. The summed E-state index contributed by atoms with van der Waals surface area (Å²) in [6.45, 7) is 8.11. The number of pyridine rings is 2. The molecule has 0 amide bonds. The van der Waals surface area contributed by atoms with Gasteiger partial charge in [0.1, 0.15) is 11.6 Å². The van der Waals surface area contributed by atoms with Crippen LogP contribution in [-0.4, -0.2) is 19.1 Å². The van der Waals surface area contributed by atoms with E-state index in [1.165, 1.54) is 12.1 Å². The molecule has 0 saturated carbocycles. The van der Waals surface area contributed by atoms with Crippen LogP contribution in [0.3, 0.4) is 0 Å². The van der Waals surface area contributed by atoms with Gasteiger partial charge in [-0.3, -0.25) is 9.97 Å². The molecule has 8 aromatic carbocycles. The summed E-state index contributed by atoms with van der Waals surface area (Å²) >= 11 is 0. The fourth-order valence-electron chi connectivity index (χ4n) is 9.91. The highest BCUT2D eigenvalue weighted by Crippen LogP contribution is 2.47. The van der Waals surface area contributed by atoms with Crippen molar-refractivity contribution in [3.05, 3.63) is 235 Å². The third-order valence-electron chi connectivity index (χ3n) is 13.1. The van der Waals surface area contributed by atoms with E-state index in [-0.39, 0.29) is 22.4 Å². The average Bonchev–Trinajstić information content (AvgIpc) is 3.92. The number of fused-ring (bicyclic) bond motifs is 6. The van der Waals surface area contributed by atoms with Crippen molar-refractivity contribution in [3.63, 3.8) is 0 Å². The Bertz CT molecular complexity index is 3880. The van der Waals surface area contributed by atoms with Gasteiger partial charge in [-0.25, -0.2) is 4.85 Å². The number of hydrogen-bond donors (Lipinski definition) is 0. The molecule has 0 N–H and O–H groups in total. The van der Waals surface area contributed by atoms with Crippen molar-refractivity contribution in [2.45, 2.75) is 6.18 Å². The van der Waals surface area contributed by atoms with Crippen LogP contribution in [0.5, 0.6) is 0 Å². The Kier molecular flexibility index (Phi) is 9.94. The number of rotatable bonds is 7. The zero-order valence-electron chi connectivity index (χ0n) is 37.0. The number of alkyl halides is 3. The molecule has 330 valence electrons. The molecular formula is C61H35F3N6. The van der Waals surface area contributed by atoms with Crippen molar-refractivity contribution in [2.24, 2.45) is 0 Å². The topological polar surface area (TPSA) is 63.8 Å². The average molecular weight is 909 g/mol. The Hall–Kier alpha value is -9.57. The fourth-order valence-corrected chi connectivity index (χ4v) is 9.91. The third-order valence-corrected chi connectivity index (χ3v) is 13.1. The molecule has 0 atom stereocenters. The summed E-state index contributed by atoms with van der Waals surface area (Å²) < 4.78 is 49.4. The van der Waals surface area contributed by atoms with Crippen LogP contribution in [-0.2, 0) is 6.18 Å². The molecule has 0 spiro atoms. The number of aromatic nitrogens is 4. The molecule has 0 bridgehead atoms. The van der Waals surface area contributed by atoms with Gasteiger partial charge in [0, 0.05) is 56.2 Å². The Morgan fingerprint density at radius 3 is 1.34 bits per heavy atom. The Morgan fingerprint density at radius 1 is 0.443 bits per heavy atom. The zero-order chi connectivity index (χ0) is 47.5. The smallest absolute Gasteiger partial charge is 0.308 e. The lowest BCUT2D eigenvalue weighted by atomic mass is 9.94. The highest BCUT2D eigenvalue weighted by Gasteiger charge is 2.35. The van der Waals surface area contributed by atoms with Gasteiger partial charge in [-0.05, 0) is 82.9 Å². The monoisotopic (exact) mass is 908 g/mol. The molecule has 0 radical (unpaired) electrons. The summed E-state index contributed by atoms with van der Waals surface area (Å²) in [6, 6.07) is 65.3. The summed E-state index contributed by atoms with van der Waals surface area (Å²) in [5.74, 6) is 0. The molecule has 0 aliphatic heterocycles. The lowest BCUT2D eigenvalue weighted by Gasteiger charge is -2.21. The quantitative estimate of drug-likeness (QED) is 0.150. The van der Waals surface area contributed by atoms with Gasteiger partial charge in [0.2, 0.25) is 0 Å². The first-order chi connectivity index (χ1) is 34.3. The van der Waals surface area contributed by atoms with Crippen LogP contribution in [0.4, 0.5) is 18.9 Å². The normalized spacial score (nSPS) is 11.6. The first-order valence-electron chi connectivity index (χ1n) is 22.5. The van der Waals surface area contributed by atoms with E-state index in [0.717, 1.165) is 94.4 Å². The van der Waals surface area contributed by atoms with Crippen molar-refractivity contribution in [1.82, 2.24) is 19.1 Å². The molecule has 12 rings (SSSR count). The molecule has 6 nitrogen and oxygen atoms in total. The summed E-state index contributed by atoms with van der Waals surface area (Å²) in [5.41, 5.74) is 10.1. The molecule has 4 aromatic heterocycles. The second-order valence-electron chi connectivity index (χ2n) is 17.1. The van der Waals surface area contributed by atoms with Gasteiger partial charge in [0.15, 0.2) is 5.69 Å². The minimum atomic E-state index is -4.79. The summed E-state index contributed by atoms with van der Waals surface area (Å²) in [7, 11) is 0. The molecular weight excluding hydrogens is 874 g/mol. The predicted octanol–water partition coefficient (Wildman–Crippen LogP) is 16.4. The predicted molar refractivity (Wildman–Crippen MR) is 274 cm³/mol. The van der Waals surface area contributed by atoms with Crippen LogP contribution in [0.1, 0.15) is 11.1 Å². The Morgan fingerprint density at radius 2 is 0.900 bits per heavy atom. The van der Waals surface area contributed by atoms with E-state index in [1.54, 1.807) is 12.1 Å². The fraction of sp³-hybridized carbons (Fsp3) is 0.0164. The highest BCUT2D eigenvalue weighted by molar-refractivity contribution is 6.12. The minimum absolute atomic E-state index is 0.141. The number of benzene rings is 8. The standard InChI is InChI=1S/C61H35F3N6/c1-66-53-20-12-19-50(61(62,63)64)60(53)44-33-58(69-54-21-10-8-17-45(54)47-31-40(25-29-56(47)69)42-23-27-51(67-36-42)38-13-4-2-5-14-38)49(35-65)59(34-44)70-55-22-11-9-18-46(55)48-32-41(26-30-57(48)70)43-24-28-52(68-37-43)39-15-6-3-7-16-39/h2-34,36-37H. The van der Waals surface area contributed by atoms with Crippen molar-refractivity contribution >= 4 is 49.3 Å². The van der Waals surface area contributed by atoms with E-state index in [1.807, 2.05) is 179 Å². The Labute approximate surface area is 399 Å². The van der Waals surface area contributed by atoms with Crippen molar-refractivity contribution in [1.29, 1.82) is 5.26 Å². The van der Waals surface area contributed by atoms with Gasteiger partial charge >= 0.3 is 6.18 Å². The molecule has 0 saturated heterocycles. The van der Waals surface area contributed by atoms with Gasteiger partial charge in [-0.15, -0.1) is 0 Å². The van der Waals surface area contributed by atoms with Crippen LogP contribution in [0.2, 0.25) is 0 Å². The molecule has 0 aliphatic carbocycles. The van der Waals surface area contributed by atoms with Crippen LogP contribution in [0, 0.1) is 17.9 Å². The first-order valence-corrected chi connectivity index (χ1v) is 22.5. The van der Waals surface area contributed by atoms with Crippen molar-refractivity contribution < 1.29 is 13.2 Å². The molecule has 70 heavy (non-hydrogen) atoms. The number of nitriles is 1. The maximum absolute atomic E-state index is 15.2. The lowest BCUT2D eigenvalue weighted by molar-refractivity contribution is -0.137. The number of halogens is 3. The summed E-state index contributed by atoms with van der Waals surface area (Å²) in [6.07, 6.45) is -1.09. The van der Waals surface area contributed by atoms with Crippen molar-refractivity contribution in [3.8, 4) is 73.3 Å². The van der Waals surface area contributed by atoms with E-state index in [9.17, 15) is 5.26 Å². The van der Waals surface area contributed by atoms with E-state index in [0.29, 0.717) is 11.4 Å².